The minimum absolute atomic E-state index is 0.125. The first-order chi connectivity index (χ1) is 12.0. The molecule has 1 fully saturated rings. The molecule has 1 aliphatic rings. The SMILES string of the molecule is CCCn1nc(C(=O)N2CCC[C@@H](n3nc(C)nc3C)C2)ccc1=O. The zero-order valence-electron chi connectivity index (χ0n) is 15.0. The van der Waals surface area contributed by atoms with Gasteiger partial charge in [-0.3, -0.25) is 9.59 Å². The molecule has 3 rings (SSSR count). The molecule has 25 heavy (non-hydrogen) atoms. The van der Waals surface area contributed by atoms with Crippen molar-refractivity contribution in [1.29, 1.82) is 0 Å². The van der Waals surface area contributed by atoms with E-state index in [1.807, 2.05) is 25.5 Å². The van der Waals surface area contributed by atoms with Crippen molar-refractivity contribution >= 4 is 5.91 Å². The Morgan fingerprint density at radius 2 is 2.08 bits per heavy atom. The number of rotatable bonds is 4. The molecule has 8 heteroatoms. The average Bonchev–Trinajstić information content (AvgIpc) is 2.95. The summed E-state index contributed by atoms with van der Waals surface area (Å²) in [6, 6.07) is 3.06. The van der Waals surface area contributed by atoms with E-state index < -0.39 is 0 Å². The van der Waals surface area contributed by atoms with Gasteiger partial charge in [0.15, 0.2) is 0 Å². The first-order valence-corrected chi connectivity index (χ1v) is 8.76. The Morgan fingerprint density at radius 1 is 1.28 bits per heavy atom. The highest BCUT2D eigenvalue weighted by Crippen LogP contribution is 2.23. The minimum Gasteiger partial charge on any atom is -0.335 e. The molecule has 0 bridgehead atoms. The van der Waals surface area contributed by atoms with Crippen LogP contribution in [0.2, 0.25) is 0 Å². The van der Waals surface area contributed by atoms with E-state index in [-0.39, 0.29) is 17.5 Å². The molecule has 0 N–H and O–H groups in total. The number of nitrogens with zero attached hydrogens (tertiary/aromatic N) is 6. The summed E-state index contributed by atoms with van der Waals surface area (Å²) in [4.78, 5) is 30.8. The van der Waals surface area contributed by atoms with Crippen molar-refractivity contribution in [3.05, 3.63) is 39.8 Å². The van der Waals surface area contributed by atoms with E-state index in [2.05, 4.69) is 15.2 Å². The summed E-state index contributed by atoms with van der Waals surface area (Å²) in [6.07, 6.45) is 2.67. The van der Waals surface area contributed by atoms with Crippen LogP contribution in [-0.4, -0.2) is 48.4 Å². The number of amides is 1. The van der Waals surface area contributed by atoms with E-state index in [1.165, 1.54) is 16.8 Å². The van der Waals surface area contributed by atoms with Crippen LogP contribution < -0.4 is 5.56 Å². The molecular formula is C17H24N6O2. The fraction of sp³-hybridized carbons (Fsp3) is 0.588. The van der Waals surface area contributed by atoms with Gasteiger partial charge in [-0.2, -0.15) is 10.2 Å². The van der Waals surface area contributed by atoms with E-state index in [4.69, 9.17) is 0 Å². The molecule has 0 unspecified atom stereocenters. The normalized spacial score (nSPS) is 17.7. The maximum Gasteiger partial charge on any atom is 0.274 e. The molecule has 1 atom stereocenters. The Hall–Kier alpha value is -2.51. The summed E-state index contributed by atoms with van der Waals surface area (Å²) in [5, 5.41) is 8.69. The van der Waals surface area contributed by atoms with E-state index in [9.17, 15) is 9.59 Å². The average molecular weight is 344 g/mol. The maximum atomic E-state index is 12.8. The molecule has 1 amide bonds. The van der Waals surface area contributed by atoms with E-state index >= 15 is 0 Å². The van der Waals surface area contributed by atoms with Crippen LogP contribution in [0, 0.1) is 13.8 Å². The smallest absolute Gasteiger partial charge is 0.274 e. The number of hydrogen-bond donors (Lipinski definition) is 0. The first-order valence-electron chi connectivity index (χ1n) is 8.76. The molecule has 134 valence electrons. The van der Waals surface area contributed by atoms with Gasteiger partial charge in [0, 0.05) is 25.7 Å². The molecular weight excluding hydrogens is 320 g/mol. The lowest BCUT2D eigenvalue weighted by Crippen LogP contribution is -2.42. The first kappa shape index (κ1) is 17.3. The van der Waals surface area contributed by atoms with Crippen molar-refractivity contribution in [2.24, 2.45) is 0 Å². The summed E-state index contributed by atoms with van der Waals surface area (Å²) in [7, 11) is 0. The van der Waals surface area contributed by atoms with Gasteiger partial charge >= 0.3 is 0 Å². The highest BCUT2D eigenvalue weighted by atomic mass is 16.2. The summed E-state index contributed by atoms with van der Waals surface area (Å²) < 4.78 is 3.28. The third-order valence-electron chi connectivity index (χ3n) is 4.46. The monoisotopic (exact) mass is 344 g/mol. The lowest BCUT2D eigenvalue weighted by atomic mass is 10.1. The number of aryl methyl sites for hydroxylation is 3. The van der Waals surface area contributed by atoms with Crippen LogP contribution >= 0.6 is 0 Å². The topological polar surface area (TPSA) is 85.9 Å². The van der Waals surface area contributed by atoms with E-state index in [1.54, 1.807) is 4.90 Å². The van der Waals surface area contributed by atoms with Crippen molar-refractivity contribution in [1.82, 2.24) is 29.4 Å². The van der Waals surface area contributed by atoms with Crippen molar-refractivity contribution in [3.63, 3.8) is 0 Å². The van der Waals surface area contributed by atoms with Crippen LogP contribution in [0.4, 0.5) is 0 Å². The Kier molecular flexibility index (Phi) is 4.96. The molecule has 0 radical (unpaired) electrons. The Labute approximate surface area is 146 Å². The van der Waals surface area contributed by atoms with Gasteiger partial charge in [-0.15, -0.1) is 0 Å². The second-order valence-corrected chi connectivity index (χ2v) is 6.48. The minimum atomic E-state index is -0.177. The molecule has 3 heterocycles. The zero-order valence-corrected chi connectivity index (χ0v) is 15.0. The van der Waals surface area contributed by atoms with Gasteiger partial charge in [-0.1, -0.05) is 6.92 Å². The predicted octanol–water partition coefficient (Wildman–Crippen LogP) is 1.34. The largest absolute Gasteiger partial charge is 0.335 e. The molecule has 2 aromatic heterocycles. The highest BCUT2D eigenvalue weighted by Gasteiger charge is 2.28. The summed E-state index contributed by atoms with van der Waals surface area (Å²) in [5.41, 5.74) is 0.142. The Bertz CT molecular complexity index is 825. The van der Waals surface area contributed by atoms with Gasteiger partial charge in [-0.25, -0.2) is 14.3 Å². The zero-order chi connectivity index (χ0) is 18.0. The van der Waals surface area contributed by atoms with E-state index in [0.717, 1.165) is 30.9 Å². The van der Waals surface area contributed by atoms with E-state index in [0.29, 0.717) is 25.3 Å². The van der Waals surface area contributed by atoms with Crippen LogP contribution in [0.15, 0.2) is 16.9 Å². The lowest BCUT2D eigenvalue weighted by Gasteiger charge is -2.32. The summed E-state index contributed by atoms with van der Waals surface area (Å²) >= 11 is 0. The van der Waals surface area contributed by atoms with Gasteiger partial charge in [0.1, 0.15) is 17.3 Å². The molecule has 0 saturated carbocycles. The van der Waals surface area contributed by atoms with Crippen molar-refractivity contribution in [2.75, 3.05) is 13.1 Å². The third-order valence-corrected chi connectivity index (χ3v) is 4.46. The maximum absolute atomic E-state index is 12.8. The number of carbonyl (C=O) groups excluding carboxylic acids is 1. The van der Waals surface area contributed by atoms with Gasteiger partial charge in [-0.05, 0) is 39.2 Å². The van der Waals surface area contributed by atoms with Gasteiger partial charge in [0.2, 0.25) is 0 Å². The number of carbonyl (C=O) groups is 1. The number of hydrogen-bond acceptors (Lipinski definition) is 5. The van der Waals surface area contributed by atoms with Gasteiger partial charge in [0.05, 0.1) is 6.04 Å². The standard InChI is InChI=1S/C17H24N6O2/c1-4-9-22-16(24)8-7-15(20-22)17(25)21-10-5-6-14(11-21)23-13(3)18-12(2)19-23/h7-8,14H,4-6,9-11H2,1-3H3/t14-/m1/s1. The number of likely N-dealkylation sites (tertiary alicyclic amines) is 1. The van der Waals surface area contributed by atoms with Crippen LogP contribution in [0.3, 0.4) is 0 Å². The lowest BCUT2D eigenvalue weighted by molar-refractivity contribution is 0.0662. The third kappa shape index (κ3) is 3.62. The molecule has 1 saturated heterocycles. The highest BCUT2D eigenvalue weighted by molar-refractivity contribution is 5.92. The van der Waals surface area contributed by atoms with Crippen LogP contribution in [0.5, 0.6) is 0 Å². The molecule has 2 aromatic rings. The summed E-state index contributed by atoms with van der Waals surface area (Å²) in [5.74, 6) is 1.48. The molecule has 0 aliphatic carbocycles. The fourth-order valence-corrected chi connectivity index (χ4v) is 3.32. The predicted molar refractivity (Wildman–Crippen MR) is 92.5 cm³/mol. The molecule has 1 aliphatic heterocycles. The van der Waals surface area contributed by atoms with Crippen LogP contribution in [0.1, 0.15) is 54.4 Å². The number of piperidine rings is 1. The quantitative estimate of drug-likeness (QED) is 0.835. The van der Waals surface area contributed by atoms with Crippen LogP contribution in [0.25, 0.3) is 0 Å². The Balaban J connectivity index is 1.79. The van der Waals surface area contributed by atoms with Crippen molar-refractivity contribution < 1.29 is 4.79 Å². The van der Waals surface area contributed by atoms with Gasteiger partial charge in [0.25, 0.3) is 11.5 Å². The fourth-order valence-electron chi connectivity index (χ4n) is 3.32. The Morgan fingerprint density at radius 3 is 2.76 bits per heavy atom. The summed E-state index contributed by atoms with van der Waals surface area (Å²) in [6.45, 7) is 7.56. The molecule has 0 aromatic carbocycles. The second kappa shape index (κ2) is 7.16. The second-order valence-electron chi connectivity index (χ2n) is 6.48. The molecule has 8 nitrogen and oxygen atoms in total. The van der Waals surface area contributed by atoms with Crippen molar-refractivity contribution in [2.45, 2.75) is 52.6 Å². The van der Waals surface area contributed by atoms with Gasteiger partial charge < -0.3 is 4.90 Å². The molecule has 0 spiro atoms. The number of aromatic nitrogens is 5. The van der Waals surface area contributed by atoms with Crippen LogP contribution in [-0.2, 0) is 6.54 Å². The van der Waals surface area contributed by atoms with Crippen molar-refractivity contribution in [3.8, 4) is 0 Å².